The lowest BCUT2D eigenvalue weighted by atomic mass is 9.90. The minimum absolute atomic E-state index is 0.303. The molecule has 0 saturated heterocycles. The van der Waals surface area contributed by atoms with Gasteiger partial charge in [-0.25, -0.2) is 9.59 Å². The molecule has 1 aliphatic carbocycles. The summed E-state index contributed by atoms with van der Waals surface area (Å²) >= 11 is 0. The minimum atomic E-state index is -3.26. The molecule has 0 aromatic heterocycles. The second-order valence-corrected chi connectivity index (χ2v) is 11.4. The average molecular weight is 339 g/mol. The lowest BCUT2D eigenvalue weighted by Gasteiger charge is -2.52. The molecule has 0 amide bonds. The van der Waals surface area contributed by atoms with Crippen molar-refractivity contribution in [2.75, 3.05) is 0 Å². The summed E-state index contributed by atoms with van der Waals surface area (Å²) in [7, 11) is -3.26. The highest BCUT2D eigenvalue weighted by Gasteiger charge is 2.68. The molecular formula is C18H30O4Si. The van der Waals surface area contributed by atoms with E-state index in [9.17, 15) is 9.59 Å². The van der Waals surface area contributed by atoms with Crippen LogP contribution in [0.25, 0.3) is 0 Å². The SMILES string of the molecule is C=CC(=O)O[Si](OC(=O)C=C)(C(C)(C)CC)C1(C)CCCCC1. The van der Waals surface area contributed by atoms with E-state index in [-0.39, 0.29) is 5.04 Å². The van der Waals surface area contributed by atoms with E-state index in [4.69, 9.17) is 8.85 Å². The highest BCUT2D eigenvalue weighted by molar-refractivity contribution is 6.76. The molecule has 0 atom stereocenters. The van der Waals surface area contributed by atoms with Crippen LogP contribution in [-0.2, 0) is 18.4 Å². The largest absolute Gasteiger partial charge is 0.481 e. The smallest absolute Gasteiger partial charge is 0.476 e. The van der Waals surface area contributed by atoms with Gasteiger partial charge >= 0.3 is 20.5 Å². The maximum Gasteiger partial charge on any atom is 0.476 e. The lowest BCUT2D eigenvalue weighted by Crippen LogP contribution is -2.61. The van der Waals surface area contributed by atoms with Gasteiger partial charge in [-0.05, 0) is 19.3 Å². The van der Waals surface area contributed by atoms with Crippen molar-refractivity contribution in [1.29, 1.82) is 0 Å². The second kappa shape index (κ2) is 7.47. The van der Waals surface area contributed by atoms with Gasteiger partial charge in [0, 0.05) is 22.2 Å². The Kier molecular flexibility index (Phi) is 6.39. The summed E-state index contributed by atoms with van der Waals surface area (Å²) in [4.78, 5) is 24.2. The van der Waals surface area contributed by atoms with E-state index in [1.165, 1.54) is 0 Å². The Hall–Kier alpha value is -1.36. The van der Waals surface area contributed by atoms with Crippen molar-refractivity contribution < 1.29 is 18.4 Å². The zero-order valence-corrected chi connectivity index (χ0v) is 15.9. The fraction of sp³-hybridized carbons (Fsp3) is 0.667. The van der Waals surface area contributed by atoms with Gasteiger partial charge in [0.1, 0.15) is 0 Å². The van der Waals surface area contributed by atoms with E-state index in [1.807, 2.05) is 20.8 Å². The molecule has 0 aliphatic heterocycles. The maximum atomic E-state index is 12.1. The Labute approximate surface area is 141 Å². The average Bonchev–Trinajstić information content (AvgIpc) is 2.54. The minimum Gasteiger partial charge on any atom is -0.481 e. The molecule has 0 bridgehead atoms. The summed E-state index contributed by atoms with van der Waals surface area (Å²) in [5.74, 6) is -1.02. The van der Waals surface area contributed by atoms with Crippen LogP contribution in [0.5, 0.6) is 0 Å². The van der Waals surface area contributed by atoms with Crippen LogP contribution in [0, 0.1) is 0 Å². The van der Waals surface area contributed by atoms with Crippen LogP contribution in [0.4, 0.5) is 0 Å². The number of carbonyl (C=O) groups is 2. The van der Waals surface area contributed by atoms with Gasteiger partial charge in [0.2, 0.25) is 0 Å². The van der Waals surface area contributed by atoms with Gasteiger partial charge in [0.25, 0.3) is 0 Å². The summed E-state index contributed by atoms with van der Waals surface area (Å²) in [6.45, 7) is 15.2. The number of hydrogen-bond acceptors (Lipinski definition) is 4. The van der Waals surface area contributed by atoms with E-state index < -0.39 is 25.5 Å². The Morgan fingerprint density at radius 3 is 1.87 bits per heavy atom. The first-order chi connectivity index (χ1) is 10.7. The molecule has 0 spiro atoms. The Morgan fingerprint density at radius 2 is 1.52 bits per heavy atom. The van der Waals surface area contributed by atoms with Gasteiger partial charge < -0.3 is 8.85 Å². The first-order valence-electron chi connectivity index (χ1n) is 8.39. The van der Waals surface area contributed by atoms with Crippen molar-refractivity contribution >= 4 is 20.5 Å². The van der Waals surface area contributed by atoms with Crippen LogP contribution in [0.15, 0.2) is 25.3 Å². The fourth-order valence-corrected chi connectivity index (χ4v) is 8.55. The molecule has 0 aromatic carbocycles. The molecular weight excluding hydrogens is 308 g/mol. The van der Waals surface area contributed by atoms with Gasteiger partial charge in [-0.3, -0.25) is 0 Å². The highest BCUT2D eigenvalue weighted by Crippen LogP contribution is 2.60. The summed E-state index contributed by atoms with van der Waals surface area (Å²) < 4.78 is 11.9. The van der Waals surface area contributed by atoms with Crippen molar-refractivity contribution in [3.05, 3.63) is 25.3 Å². The van der Waals surface area contributed by atoms with E-state index in [2.05, 4.69) is 20.1 Å². The van der Waals surface area contributed by atoms with Crippen molar-refractivity contribution in [3.8, 4) is 0 Å². The van der Waals surface area contributed by atoms with Crippen LogP contribution in [0.3, 0.4) is 0 Å². The monoisotopic (exact) mass is 338 g/mol. The van der Waals surface area contributed by atoms with Crippen molar-refractivity contribution in [2.45, 2.75) is 76.3 Å². The maximum absolute atomic E-state index is 12.1. The predicted octanol–water partition coefficient (Wildman–Crippen LogP) is 4.80. The first kappa shape index (κ1) is 19.7. The molecule has 0 heterocycles. The van der Waals surface area contributed by atoms with Gasteiger partial charge in [0.05, 0.1) is 0 Å². The van der Waals surface area contributed by atoms with Crippen LogP contribution < -0.4 is 0 Å². The van der Waals surface area contributed by atoms with E-state index in [0.717, 1.165) is 50.7 Å². The molecule has 1 rings (SSSR count). The molecule has 0 radical (unpaired) electrons. The normalized spacial score (nSPS) is 17.9. The van der Waals surface area contributed by atoms with Gasteiger partial charge in [-0.15, -0.1) is 0 Å². The fourth-order valence-electron chi connectivity index (χ4n) is 3.62. The zero-order chi connectivity index (χ0) is 17.7. The molecule has 1 fully saturated rings. The summed E-state index contributed by atoms with van der Waals surface area (Å²) in [5, 5.41) is -0.710. The van der Waals surface area contributed by atoms with Crippen molar-refractivity contribution in [2.24, 2.45) is 0 Å². The standard InChI is InChI=1S/C18H30O4Si/c1-7-15(19)21-23(17(4,5)9-3,22-16(20)8-2)18(6)13-11-10-12-14-18/h7-8H,1-2,9-14H2,3-6H3. The van der Waals surface area contributed by atoms with E-state index >= 15 is 0 Å². The lowest BCUT2D eigenvalue weighted by molar-refractivity contribution is -0.138. The first-order valence-corrected chi connectivity index (χ1v) is 10.2. The third-order valence-corrected chi connectivity index (χ3v) is 10.6. The molecule has 130 valence electrons. The van der Waals surface area contributed by atoms with Crippen LogP contribution in [-0.4, -0.2) is 20.5 Å². The highest BCUT2D eigenvalue weighted by atomic mass is 28.4. The molecule has 0 unspecified atom stereocenters. The Balaban J connectivity index is 3.49. The molecule has 0 aromatic rings. The zero-order valence-electron chi connectivity index (χ0n) is 14.9. The van der Waals surface area contributed by atoms with E-state index in [1.54, 1.807) is 0 Å². The Bertz CT molecular complexity index is 453. The van der Waals surface area contributed by atoms with Crippen LogP contribution in [0.1, 0.15) is 66.2 Å². The third-order valence-electron chi connectivity index (χ3n) is 5.35. The van der Waals surface area contributed by atoms with Crippen molar-refractivity contribution in [1.82, 2.24) is 0 Å². The number of hydrogen-bond donors (Lipinski definition) is 0. The Morgan fingerprint density at radius 1 is 1.09 bits per heavy atom. The molecule has 1 saturated carbocycles. The van der Waals surface area contributed by atoms with Crippen molar-refractivity contribution in [3.63, 3.8) is 0 Å². The molecule has 5 heteroatoms. The number of rotatable bonds is 7. The summed E-state index contributed by atoms with van der Waals surface area (Å²) in [5.41, 5.74) is 0. The van der Waals surface area contributed by atoms with Crippen LogP contribution >= 0.6 is 0 Å². The predicted molar refractivity (Wildman–Crippen MR) is 94.1 cm³/mol. The molecule has 4 nitrogen and oxygen atoms in total. The molecule has 1 aliphatic rings. The summed E-state index contributed by atoms with van der Waals surface area (Å²) in [6, 6.07) is 0. The summed E-state index contributed by atoms with van der Waals surface area (Å²) in [6.07, 6.45) is 8.14. The topological polar surface area (TPSA) is 52.6 Å². The number of carbonyl (C=O) groups excluding carboxylic acids is 2. The molecule has 23 heavy (non-hydrogen) atoms. The van der Waals surface area contributed by atoms with Gasteiger partial charge in [-0.1, -0.05) is 60.1 Å². The third kappa shape index (κ3) is 3.76. The van der Waals surface area contributed by atoms with Gasteiger partial charge in [-0.2, -0.15) is 0 Å². The van der Waals surface area contributed by atoms with Gasteiger partial charge in [0.15, 0.2) is 0 Å². The quantitative estimate of drug-likeness (QED) is 0.494. The van der Waals surface area contributed by atoms with E-state index in [0.29, 0.717) is 0 Å². The van der Waals surface area contributed by atoms with Crippen LogP contribution in [0.2, 0.25) is 10.1 Å². The molecule has 0 N–H and O–H groups in total. The second-order valence-electron chi connectivity index (χ2n) is 7.23.